The van der Waals surface area contributed by atoms with Crippen LogP contribution in [0.2, 0.25) is 5.28 Å². The van der Waals surface area contributed by atoms with E-state index in [1.54, 1.807) is 6.92 Å². The van der Waals surface area contributed by atoms with Gasteiger partial charge in [-0.1, -0.05) is 42.5 Å². The minimum absolute atomic E-state index is 0. The summed E-state index contributed by atoms with van der Waals surface area (Å²) in [5.41, 5.74) is -0.0237. The monoisotopic (exact) mass is 587 g/mol. The fraction of sp³-hybridized carbons (Fsp3) is 0.150. The molecular formula is C20H20ClN5Na2O7S2. The Labute approximate surface area is 263 Å². The zero-order valence-electron chi connectivity index (χ0n) is 20.0. The van der Waals surface area contributed by atoms with Gasteiger partial charge in [-0.25, -0.2) is 0 Å². The number of halogens is 1. The van der Waals surface area contributed by atoms with E-state index in [0.717, 1.165) is 0 Å². The van der Waals surface area contributed by atoms with Gasteiger partial charge in [0.1, 0.15) is 9.79 Å². The van der Waals surface area contributed by atoms with Crippen LogP contribution in [0.4, 0.5) is 17.6 Å². The van der Waals surface area contributed by atoms with Gasteiger partial charge < -0.3 is 15.7 Å². The summed E-state index contributed by atoms with van der Waals surface area (Å²) in [5.74, 6) is -0.138. The van der Waals surface area contributed by atoms with Crippen LogP contribution in [0.25, 0.3) is 12.2 Å². The number of aromatic nitrogens is 3. The van der Waals surface area contributed by atoms with Crippen LogP contribution in [-0.4, -0.2) is 118 Å². The van der Waals surface area contributed by atoms with Gasteiger partial charge in [0, 0.05) is 65.7 Å². The molecule has 0 aliphatic heterocycles. The summed E-state index contributed by atoms with van der Waals surface area (Å²) in [6, 6.07) is 9.72. The first kappa shape index (κ1) is 33.9. The van der Waals surface area contributed by atoms with E-state index >= 15 is 0 Å². The smallest absolute Gasteiger partial charge is 0.297 e. The third kappa shape index (κ3) is 9.84. The molecule has 0 fully saturated rings. The van der Waals surface area contributed by atoms with E-state index < -0.39 is 31.2 Å². The molecule has 2 radical (unpaired) electrons. The molecule has 3 aromatic rings. The Morgan fingerprint density at radius 3 is 2.11 bits per heavy atom. The van der Waals surface area contributed by atoms with Crippen molar-refractivity contribution in [2.45, 2.75) is 22.8 Å². The topological polar surface area (TPSA) is 192 Å². The third-order valence-electron chi connectivity index (χ3n) is 4.35. The predicted octanol–water partition coefficient (Wildman–Crippen LogP) is 1.96. The summed E-state index contributed by atoms with van der Waals surface area (Å²) >= 11 is 5.91. The molecule has 2 aromatic carbocycles. The molecule has 0 amide bonds. The molecule has 0 aliphatic carbocycles. The summed E-state index contributed by atoms with van der Waals surface area (Å²) in [7, 11) is -9.33. The molecule has 5 N–H and O–H groups in total. The molecule has 1 heterocycles. The van der Waals surface area contributed by atoms with Crippen molar-refractivity contribution in [1.29, 1.82) is 0 Å². The summed E-state index contributed by atoms with van der Waals surface area (Å²) in [5, 5.41) is 14.6. The van der Waals surface area contributed by atoms with Gasteiger partial charge >= 0.3 is 0 Å². The quantitative estimate of drug-likeness (QED) is 0.139. The van der Waals surface area contributed by atoms with Crippen LogP contribution >= 0.6 is 11.6 Å². The molecule has 0 saturated heterocycles. The molecule has 17 heteroatoms. The number of anilines is 3. The van der Waals surface area contributed by atoms with Crippen molar-refractivity contribution in [1.82, 2.24) is 15.0 Å². The van der Waals surface area contributed by atoms with Crippen LogP contribution in [0.3, 0.4) is 0 Å². The number of nitrogens with one attached hydrogen (secondary N) is 2. The second-order valence-corrected chi connectivity index (χ2v) is 10.2. The van der Waals surface area contributed by atoms with Gasteiger partial charge in [0.25, 0.3) is 20.2 Å². The van der Waals surface area contributed by atoms with Crippen molar-refractivity contribution in [2.24, 2.45) is 0 Å². The fourth-order valence-corrected chi connectivity index (χ4v) is 4.63. The van der Waals surface area contributed by atoms with Crippen molar-refractivity contribution in [3.05, 3.63) is 58.9 Å². The Bertz CT molecular complexity index is 1490. The average molecular weight is 588 g/mol. The van der Waals surface area contributed by atoms with Crippen LogP contribution in [0.15, 0.2) is 52.3 Å². The molecule has 1 unspecified atom stereocenters. The van der Waals surface area contributed by atoms with Gasteiger partial charge in [0.15, 0.2) is 0 Å². The maximum absolute atomic E-state index is 12.2. The Balaban J connectivity index is 0.00000342. The molecule has 188 valence electrons. The van der Waals surface area contributed by atoms with E-state index in [1.165, 1.54) is 54.6 Å². The van der Waals surface area contributed by atoms with Crippen LogP contribution < -0.4 is 10.6 Å². The number of rotatable bonds is 9. The second kappa shape index (κ2) is 14.3. The third-order valence-corrected chi connectivity index (χ3v) is 6.42. The summed E-state index contributed by atoms with van der Waals surface area (Å²) < 4.78 is 67.0. The Morgan fingerprint density at radius 2 is 1.49 bits per heavy atom. The molecule has 0 spiro atoms. The largest absolute Gasteiger partial charge is 0.392 e. The Kier molecular flexibility index (Phi) is 13.1. The van der Waals surface area contributed by atoms with Crippen molar-refractivity contribution < 1.29 is 31.0 Å². The van der Waals surface area contributed by atoms with Crippen molar-refractivity contribution in [3.63, 3.8) is 0 Å². The molecule has 1 aromatic heterocycles. The number of aliphatic hydroxyl groups excluding tert-OH is 1. The van der Waals surface area contributed by atoms with E-state index in [1.807, 2.05) is 0 Å². The molecule has 37 heavy (non-hydrogen) atoms. The Hall–Kier alpha value is -1.14. The van der Waals surface area contributed by atoms with Crippen molar-refractivity contribution in [3.8, 4) is 0 Å². The standard InChI is InChI=1S/C20H20ClN5O7S2.2Na/c1-12(27)11-22-19-24-18(21)25-20(26-19)23-15-7-4-6-14(17(15)35(31,32)33)10-9-13-5-2-3-8-16(13)34(28,29)30;;/h2-10,12,27H,11H2,1H3,(H,28,29,30)(H,31,32,33)(H2,22,23,24,25,26);;. The molecule has 0 bridgehead atoms. The minimum atomic E-state index is -4.80. The first-order chi connectivity index (χ1) is 16.3. The molecule has 0 aliphatic rings. The van der Waals surface area contributed by atoms with E-state index in [2.05, 4.69) is 25.6 Å². The summed E-state index contributed by atoms with van der Waals surface area (Å²) in [6.45, 7) is 1.65. The number of nitrogens with zero attached hydrogens (tertiary/aromatic N) is 3. The van der Waals surface area contributed by atoms with Crippen LogP contribution in [0.5, 0.6) is 0 Å². The molecular weight excluding hydrogens is 568 g/mol. The first-order valence-corrected chi connectivity index (χ1v) is 13.1. The maximum Gasteiger partial charge on any atom is 0.297 e. The molecule has 1 atom stereocenters. The van der Waals surface area contributed by atoms with Gasteiger partial charge in [-0.2, -0.15) is 31.8 Å². The Morgan fingerprint density at radius 1 is 0.892 bits per heavy atom. The molecule has 0 saturated carbocycles. The average Bonchev–Trinajstić information content (AvgIpc) is 2.74. The number of benzene rings is 2. The van der Waals surface area contributed by atoms with Crippen LogP contribution in [0, 0.1) is 0 Å². The van der Waals surface area contributed by atoms with E-state index in [0.29, 0.717) is 0 Å². The van der Waals surface area contributed by atoms with E-state index in [4.69, 9.17) is 11.6 Å². The second-order valence-electron chi connectivity index (χ2n) is 7.15. The normalized spacial score (nSPS) is 12.4. The SMILES string of the molecule is CC(O)CNc1nc(Cl)nc(Nc2cccc(C=Cc3ccccc3S(=O)(=O)O)c2S(=O)(=O)O)n1.[Na].[Na]. The van der Waals surface area contributed by atoms with Gasteiger partial charge in [-0.05, 0) is 41.8 Å². The number of hydrogen-bond acceptors (Lipinski definition) is 10. The van der Waals surface area contributed by atoms with Gasteiger partial charge in [0.05, 0.1) is 11.8 Å². The zero-order chi connectivity index (χ0) is 25.8. The summed E-state index contributed by atoms with van der Waals surface area (Å²) in [6.07, 6.45) is 1.82. The van der Waals surface area contributed by atoms with Gasteiger partial charge in [-0.3, -0.25) is 9.11 Å². The summed E-state index contributed by atoms with van der Waals surface area (Å²) in [4.78, 5) is 10.9. The van der Waals surface area contributed by atoms with Gasteiger partial charge in [0.2, 0.25) is 17.2 Å². The number of hydrogen-bond donors (Lipinski definition) is 5. The fourth-order valence-electron chi connectivity index (χ4n) is 2.95. The minimum Gasteiger partial charge on any atom is -0.392 e. The number of aliphatic hydroxyl groups is 1. The van der Waals surface area contributed by atoms with Gasteiger partial charge in [-0.15, -0.1) is 0 Å². The van der Waals surface area contributed by atoms with E-state index in [9.17, 15) is 31.0 Å². The predicted molar refractivity (Wildman–Crippen MR) is 141 cm³/mol. The van der Waals surface area contributed by atoms with Crippen LogP contribution in [-0.2, 0) is 20.2 Å². The van der Waals surface area contributed by atoms with Crippen molar-refractivity contribution in [2.75, 3.05) is 17.2 Å². The maximum atomic E-state index is 12.2. The molecule has 3 rings (SSSR count). The van der Waals surface area contributed by atoms with Crippen LogP contribution in [0.1, 0.15) is 18.1 Å². The molecule has 12 nitrogen and oxygen atoms in total. The zero-order valence-corrected chi connectivity index (χ0v) is 26.4. The van der Waals surface area contributed by atoms with E-state index in [-0.39, 0.29) is 105 Å². The van der Waals surface area contributed by atoms with Crippen molar-refractivity contribution >= 4 is 121 Å². The first-order valence-electron chi connectivity index (χ1n) is 9.80.